The molecule has 1 heterocycles. The Morgan fingerprint density at radius 3 is 2.21 bits per heavy atom. The number of imide groups is 1. The minimum atomic E-state index is -0.630. The van der Waals surface area contributed by atoms with Gasteiger partial charge in [-0.15, -0.1) is 0 Å². The van der Waals surface area contributed by atoms with Gasteiger partial charge < -0.3 is 14.6 Å². The summed E-state index contributed by atoms with van der Waals surface area (Å²) in [5.41, 5.74) is 1.60. The lowest BCUT2D eigenvalue weighted by Gasteiger charge is -2.07. The molecule has 3 aliphatic rings. The van der Waals surface area contributed by atoms with Crippen LogP contribution in [0.2, 0.25) is 0 Å². The monoisotopic (exact) mass is 419 g/mol. The summed E-state index contributed by atoms with van der Waals surface area (Å²) in [5, 5.41) is 9.90. The average molecular weight is 419 g/mol. The second kappa shape index (κ2) is 10.0. The fourth-order valence-corrected chi connectivity index (χ4v) is 2.97. The molecule has 3 fully saturated rings. The van der Waals surface area contributed by atoms with Crippen molar-refractivity contribution in [3.8, 4) is 5.75 Å². The van der Waals surface area contributed by atoms with Crippen LogP contribution in [0.5, 0.6) is 5.75 Å². The molecule has 2 N–H and O–H groups in total. The second-order valence-corrected chi connectivity index (χ2v) is 7.70. The van der Waals surface area contributed by atoms with Crippen molar-refractivity contribution in [1.82, 2.24) is 5.32 Å². The summed E-state index contributed by atoms with van der Waals surface area (Å²) in [6.45, 7) is 3.84. The topological polar surface area (TPSA) is 127 Å². The first-order valence-corrected chi connectivity index (χ1v) is 9.74. The summed E-state index contributed by atoms with van der Waals surface area (Å²) >= 11 is 0.878. The van der Waals surface area contributed by atoms with Gasteiger partial charge in [0.2, 0.25) is 0 Å². The molecular weight excluding hydrogens is 398 g/mol. The lowest BCUT2D eigenvalue weighted by atomic mass is 10.1. The highest BCUT2D eigenvalue weighted by molar-refractivity contribution is 8.18. The Labute approximate surface area is 171 Å². The summed E-state index contributed by atoms with van der Waals surface area (Å²) in [5.74, 6) is -0.586. The van der Waals surface area contributed by atoms with Crippen molar-refractivity contribution in [3.63, 3.8) is 0 Å². The van der Waals surface area contributed by atoms with E-state index in [0.29, 0.717) is 10.7 Å². The highest BCUT2D eigenvalue weighted by Crippen LogP contribution is 2.32. The van der Waals surface area contributed by atoms with Crippen molar-refractivity contribution < 1.29 is 33.8 Å². The zero-order valence-corrected chi connectivity index (χ0v) is 16.6. The number of ether oxygens (including phenoxy) is 1. The predicted octanol–water partition coefficient (Wildman–Crippen LogP) is 2.93. The fraction of sp³-hybridized carbons (Fsp3) is 0.350. The molecule has 1 aliphatic heterocycles. The van der Waals surface area contributed by atoms with E-state index in [1.165, 1.54) is 0 Å². The molecule has 2 amide bonds. The molecule has 0 spiro atoms. The van der Waals surface area contributed by atoms with E-state index >= 15 is 0 Å². The summed E-state index contributed by atoms with van der Waals surface area (Å²) in [6, 6.07) is 5.28. The molecule has 0 unspecified atom stereocenters. The number of carbonyl (C=O) groups is 5. The second-order valence-electron chi connectivity index (χ2n) is 6.69. The van der Waals surface area contributed by atoms with E-state index in [0.717, 1.165) is 48.6 Å². The average Bonchev–Trinajstić information content (AvgIpc) is 3.57. The molecule has 1 aromatic carbocycles. The number of amides is 2. The van der Waals surface area contributed by atoms with E-state index in [1.807, 2.05) is 19.8 Å². The van der Waals surface area contributed by atoms with Gasteiger partial charge in [0.05, 0.1) is 16.7 Å². The van der Waals surface area contributed by atoms with Gasteiger partial charge in [-0.1, -0.05) is 6.07 Å². The molecule has 0 aromatic heterocycles. The predicted molar refractivity (Wildman–Crippen MR) is 106 cm³/mol. The number of hydrogen-bond donors (Lipinski definition) is 2. The molecule has 0 radical (unpaired) electrons. The molecular formula is C20H21NO7S. The van der Waals surface area contributed by atoms with Gasteiger partial charge in [0.25, 0.3) is 11.1 Å². The SMILES string of the molecule is C=O.Cc1cc(/C=C2\SC(=O)NC2=O)ccc1OC(=O)C1CC1.O=C(O)C1CC1. The number of benzene rings is 1. The standard InChI is InChI=1S/C15H13NO4S.C4H6O2.CH2O/c1-8-6-9(7-12-13(17)16-15(19)21-12)2-5-11(8)20-14(18)10-3-4-10;5-4(6)3-1-2-3;1-2/h2,5-7,10H,3-4H2,1H3,(H,16,17,19);3H,1-2H2,(H,5,6);1H2/b12-7-;;. The van der Waals surface area contributed by atoms with Crippen molar-refractivity contribution >= 4 is 47.7 Å². The number of carbonyl (C=O) groups excluding carboxylic acids is 4. The molecule has 4 rings (SSSR count). The Bertz CT molecular complexity index is 856. The van der Waals surface area contributed by atoms with E-state index in [2.05, 4.69) is 5.32 Å². The number of carboxylic acid groups (broad SMARTS) is 1. The Balaban J connectivity index is 0.000000317. The van der Waals surface area contributed by atoms with Gasteiger partial charge in [0, 0.05) is 0 Å². The molecule has 2 saturated carbocycles. The van der Waals surface area contributed by atoms with E-state index in [-0.39, 0.29) is 29.0 Å². The van der Waals surface area contributed by atoms with Crippen LogP contribution in [-0.2, 0) is 19.2 Å². The highest BCUT2D eigenvalue weighted by atomic mass is 32.2. The third-order valence-electron chi connectivity index (χ3n) is 4.19. The van der Waals surface area contributed by atoms with Crippen LogP contribution in [-0.4, -0.2) is 35.0 Å². The first-order valence-electron chi connectivity index (χ1n) is 8.92. The maximum atomic E-state index is 11.6. The fourth-order valence-electron chi connectivity index (χ4n) is 2.29. The summed E-state index contributed by atoms with van der Waals surface area (Å²) in [4.78, 5) is 52.3. The molecule has 9 heteroatoms. The number of aliphatic carboxylic acids is 1. The first kappa shape index (κ1) is 22.4. The van der Waals surface area contributed by atoms with Gasteiger partial charge in [-0.3, -0.25) is 24.5 Å². The van der Waals surface area contributed by atoms with Crippen molar-refractivity contribution in [2.45, 2.75) is 32.6 Å². The number of nitrogens with one attached hydrogen (secondary N) is 1. The number of aryl methyl sites for hydroxylation is 1. The molecule has 29 heavy (non-hydrogen) atoms. The summed E-state index contributed by atoms with van der Waals surface area (Å²) in [6.07, 6.45) is 5.25. The number of thioether (sulfide) groups is 1. The van der Waals surface area contributed by atoms with Crippen LogP contribution >= 0.6 is 11.8 Å². The van der Waals surface area contributed by atoms with Gasteiger partial charge in [-0.2, -0.15) is 0 Å². The number of rotatable bonds is 4. The van der Waals surface area contributed by atoms with Crippen LogP contribution in [0.25, 0.3) is 6.08 Å². The summed E-state index contributed by atoms with van der Waals surface area (Å²) in [7, 11) is 0. The van der Waals surface area contributed by atoms with Crippen LogP contribution in [0.1, 0.15) is 36.8 Å². The third-order valence-corrected chi connectivity index (χ3v) is 5.00. The third kappa shape index (κ3) is 6.86. The van der Waals surface area contributed by atoms with Gasteiger partial charge in [-0.05, 0) is 73.7 Å². The Hall–Kier alpha value is -2.94. The van der Waals surface area contributed by atoms with E-state index in [4.69, 9.17) is 14.6 Å². The smallest absolute Gasteiger partial charge is 0.314 e. The largest absolute Gasteiger partial charge is 0.481 e. The molecule has 0 atom stereocenters. The van der Waals surface area contributed by atoms with Crippen LogP contribution < -0.4 is 10.1 Å². The minimum absolute atomic E-state index is 0.0185. The van der Waals surface area contributed by atoms with Crippen LogP contribution in [0, 0.1) is 18.8 Å². The Morgan fingerprint density at radius 2 is 1.79 bits per heavy atom. The zero-order chi connectivity index (χ0) is 21.6. The number of carboxylic acids is 1. The lowest BCUT2D eigenvalue weighted by Crippen LogP contribution is -2.17. The van der Waals surface area contributed by atoms with Crippen LogP contribution in [0.15, 0.2) is 23.1 Å². The maximum Gasteiger partial charge on any atom is 0.314 e. The normalized spacial score (nSPS) is 18.7. The Kier molecular flexibility index (Phi) is 7.72. The minimum Gasteiger partial charge on any atom is -0.481 e. The molecule has 2 aliphatic carbocycles. The van der Waals surface area contributed by atoms with Gasteiger partial charge >= 0.3 is 11.9 Å². The van der Waals surface area contributed by atoms with E-state index in [9.17, 15) is 19.2 Å². The molecule has 0 bridgehead atoms. The van der Waals surface area contributed by atoms with Gasteiger partial charge in [0.15, 0.2) is 0 Å². The van der Waals surface area contributed by atoms with Crippen molar-refractivity contribution in [2.75, 3.05) is 0 Å². The van der Waals surface area contributed by atoms with E-state index in [1.54, 1.807) is 18.2 Å². The first-order chi connectivity index (χ1) is 13.8. The number of esters is 1. The lowest BCUT2D eigenvalue weighted by molar-refractivity contribution is -0.138. The van der Waals surface area contributed by atoms with Crippen molar-refractivity contribution in [1.29, 1.82) is 0 Å². The zero-order valence-electron chi connectivity index (χ0n) is 15.8. The van der Waals surface area contributed by atoms with Crippen LogP contribution in [0.4, 0.5) is 4.79 Å². The molecule has 8 nitrogen and oxygen atoms in total. The quantitative estimate of drug-likeness (QED) is 0.433. The maximum absolute atomic E-state index is 11.6. The molecule has 1 aromatic rings. The van der Waals surface area contributed by atoms with Crippen LogP contribution in [0.3, 0.4) is 0 Å². The number of hydrogen-bond acceptors (Lipinski definition) is 7. The van der Waals surface area contributed by atoms with Crippen molar-refractivity contribution in [3.05, 3.63) is 34.2 Å². The molecule has 154 valence electrons. The molecule has 1 saturated heterocycles. The highest BCUT2D eigenvalue weighted by Gasteiger charge is 2.32. The Morgan fingerprint density at radius 1 is 1.17 bits per heavy atom. The van der Waals surface area contributed by atoms with E-state index < -0.39 is 5.97 Å². The summed E-state index contributed by atoms with van der Waals surface area (Å²) < 4.78 is 5.33. The van der Waals surface area contributed by atoms with Gasteiger partial charge in [0.1, 0.15) is 12.5 Å². The van der Waals surface area contributed by atoms with Crippen molar-refractivity contribution in [2.24, 2.45) is 11.8 Å². The van der Waals surface area contributed by atoms with Gasteiger partial charge in [-0.25, -0.2) is 0 Å².